The van der Waals surface area contributed by atoms with Crippen molar-refractivity contribution in [3.05, 3.63) is 114 Å². The van der Waals surface area contributed by atoms with E-state index in [9.17, 15) is 18.0 Å². The highest BCUT2D eigenvalue weighted by molar-refractivity contribution is 5.94. The number of alkyl halides is 3. The Balaban J connectivity index is 1.31. The van der Waals surface area contributed by atoms with Gasteiger partial charge in [0, 0.05) is 23.4 Å². The monoisotopic (exact) mass is 487 g/mol. The number of anilines is 2. The average molecular weight is 487 g/mol. The molecule has 3 aromatic carbocycles. The number of amides is 1. The number of rotatable bonds is 6. The Morgan fingerprint density at radius 3 is 2.36 bits per heavy atom. The number of para-hydroxylation sites is 1. The molecule has 0 saturated carbocycles. The summed E-state index contributed by atoms with van der Waals surface area (Å²) in [5.41, 5.74) is 3.16. The Morgan fingerprint density at radius 2 is 1.61 bits per heavy atom. The molecular formula is C27H20F3N5O. The molecule has 5 rings (SSSR count). The van der Waals surface area contributed by atoms with Gasteiger partial charge in [0.2, 0.25) is 5.95 Å². The molecule has 0 radical (unpaired) electrons. The summed E-state index contributed by atoms with van der Waals surface area (Å²) in [6.07, 6.45) is -4.43. The predicted molar refractivity (Wildman–Crippen MR) is 131 cm³/mol. The van der Waals surface area contributed by atoms with Crippen LogP contribution in [-0.2, 0) is 12.7 Å². The third-order valence-electron chi connectivity index (χ3n) is 5.54. The smallest absolute Gasteiger partial charge is 0.348 e. The third kappa shape index (κ3) is 5.05. The first kappa shape index (κ1) is 23.1. The van der Waals surface area contributed by atoms with Gasteiger partial charge in [-0.05, 0) is 54.1 Å². The number of aromatic nitrogens is 3. The topological polar surface area (TPSA) is 71.3 Å². The van der Waals surface area contributed by atoms with Crippen molar-refractivity contribution >= 4 is 23.2 Å². The van der Waals surface area contributed by atoms with Crippen LogP contribution in [0.1, 0.15) is 21.5 Å². The first-order chi connectivity index (χ1) is 17.4. The highest BCUT2D eigenvalue weighted by Crippen LogP contribution is 2.29. The Hall–Kier alpha value is -4.66. The van der Waals surface area contributed by atoms with Crippen molar-refractivity contribution in [1.82, 2.24) is 19.9 Å². The van der Waals surface area contributed by atoms with Crippen LogP contribution in [0.2, 0.25) is 0 Å². The van der Waals surface area contributed by atoms with E-state index in [1.54, 1.807) is 28.8 Å². The van der Waals surface area contributed by atoms with Crippen molar-refractivity contribution in [3.8, 4) is 11.3 Å². The number of nitrogens with one attached hydrogen (secondary N) is 2. The molecule has 0 aliphatic carbocycles. The highest BCUT2D eigenvalue weighted by Gasteiger charge is 2.30. The fourth-order valence-corrected chi connectivity index (χ4v) is 3.76. The number of carbonyl (C=O) groups excluding carboxylic acids is 1. The van der Waals surface area contributed by atoms with Crippen molar-refractivity contribution < 1.29 is 18.0 Å². The molecule has 0 saturated heterocycles. The van der Waals surface area contributed by atoms with Crippen LogP contribution in [0.3, 0.4) is 0 Å². The minimum absolute atomic E-state index is 0.0139. The molecule has 0 aliphatic rings. The van der Waals surface area contributed by atoms with Crippen molar-refractivity contribution in [1.29, 1.82) is 0 Å². The predicted octanol–water partition coefficient (Wildman–Crippen LogP) is 6.09. The van der Waals surface area contributed by atoms with Gasteiger partial charge in [0.05, 0.1) is 11.3 Å². The van der Waals surface area contributed by atoms with Gasteiger partial charge in [-0.2, -0.15) is 18.2 Å². The summed E-state index contributed by atoms with van der Waals surface area (Å²) < 4.78 is 40.4. The number of halogens is 3. The zero-order valence-corrected chi connectivity index (χ0v) is 18.8. The second kappa shape index (κ2) is 9.53. The van der Waals surface area contributed by atoms with Gasteiger partial charge in [-0.3, -0.25) is 4.79 Å². The zero-order chi connectivity index (χ0) is 25.1. The molecule has 0 bridgehead atoms. The van der Waals surface area contributed by atoms with Crippen LogP contribution in [-0.4, -0.2) is 20.5 Å². The average Bonchev–Trinajstić information content (AvgIpc) is 3.30. The van der Waals surface area contributed by atoms with Gasteiger partial charge in [0.1, 0.15) is 0 Å². The Labute approximate surface area is 204 Å². The van der Waals surface area contributed by atoms with E-state index < -0.39 is 11.7 Å². The summed E-state index contributed by atoms with van der Waals surface area (Å²) in [5.74, 6) is 0.0755. The van der Waals surface area contributed by atoms with Gasteiger partial charge in [0.15, 0.2) is 5.65 Å². The largest absolute Gasteiger partial charge is 0.416 e. The van der Waals surface area contributed by atoms with E-state index in [0.29, 0.717) is 22.7 Å². The molecule has 2 aromatic heterocycles. The van der Waals surface area contributed by atoms with Crippen LogP contribution < -0.4 is 10.6 Å². The van der Waals surface area contributed by atoms with E-state index in [0.717, 1.165) is 29.1 Å². The number of carbonyl (C=O) groups is 1. The van der Waals surface area contributed by atoms with Gasteiger partial charge < -0.3 is 10.6 Å². The lowest BCUT2D eigenvalue weighted by molar-refractivity contribution is -0.137. The van der Waals surface area contributed by atoms with Gasteiger partial charge >= 0.3 is 6.18 Å². The molecule has 0 fully saturated rings. The van der Waals surface area contributed by atoms with Crippen LogP contribution in [0.5, 0.6) is 0 Å². The van der Waals surface area contributed by atoms with Gasteiger partial charge in [-0.25, -0.2) is 4.52 Å². The molecule has 6 nitrogen and oxygen atoms in total. The lowest BCUT2D eigenvalue weighted by Gasteiger charge is -2.10. The first-order valence-electron chi connectivity index (χ1n) is 11.1. The summed E-state index contributed by atoms with van der Waals surface area (Å²) in [6, 6.07) is 27.0. The summed E-state index contributed by atoms with van der Waals surface area (Å²) >= 11 is 0. The summed E-state index contributed by atoms with van der Waals surface area (Å²) in [5, 5.41) is 10.4. The third-order valence-corrected chi connectivity index (χ3v) is 5.54. The zero-order valence-electron chi connectivity index (χ0n) is 18.8. The molecule has 0 atom stereocenters. The quantitative estimate of drug-likeness (QED) is 0.304. The summed E-state index contributed by atoms with van der Waals surface area (Å²) in [7, 11) is 0. The normalized spacial score (nSPS) is 11.4. The van der Waals surface area contributed by atoms with Gasteiger partial charge in [-0.15, -0.1) is 5.10 Å². The summed E-state index contributed by atoms with van der Waals surface area (Å²) in [4.78, 5) is 17.1. The Kier molecular flexibility index (Phi) is 6.12. The number of hydrogen-bond acceptors (Lipinski definition) is 4. The van der Waals surface area contributed by atoms with Crippen molar-refractivity contribution in [3.63, 3.8) is 0 Å². The molecule has 0 unspecified atom stereocenters. The van der Waals surface area contributed by atoms with Crippen LogP contribution in [0, 0.1) is 0 Å². The van der Waals surface area contributed by atoms with E-state index in [4.69, 9.17) is 0 Å². The van der Waals surface area contributed by atoms with Crippen LogP contribution in [0.4, 0.5) is 24.8 Å². The molecule has 0 spiro atoms. The second-order valence-electron chi connectivity index (χ2n) is 8.07. The van der Waals surface area contributed by atoms with E-state index in [2.05, 4.69) is 20.7 Å². The van der Waals surface area contributed by atoms with Crippen LogP contribution in [0.15, 0.2) is 97.1 Å². The number of nitrogens with zero attached hydrogens (tertiary/aromatic N) is 3. The lowest BCUT2D eigenvalue weighted by Crippen LogP contribution is -2.23. The number of benzene rings is 3. The molecule has 180 valence electrons. The molecule has 0 aliphatic heterocycles. The van der Waals surface area contributed by atoms with Crippen molar-refractivity contribution in [2.75, 3.05) is 5.32 Å². The van der Waals surface area contributed by atoms with Gasteiger partial charge in [0.25, 0.3) is 5.91 Å². The molecule has 2 N–H and O–H groups in total. The fraction of sp³-hybridized carbons (Fsp3) is 0.0741. The van der Waals surface area contributed by atoms with Gasteiger partial charge in [-0.1, -0.05) is 48.5 Å². The molecule has 36 heavy (non-hydrogen) atoms. The van der Waals surface area contributed by atoms with E-state index in [1.165, 1.54) is 12.1 Å². The first-order valence-corrected chi connectivity index (χ1v) is 11.1. The standard InChI is InChI=1S/C27H20F3N5O/c28-27(29,30)21-7-4-6-18(16-21)17-31-25(36)20-14-12-19(13-15-20)23-10-5-11-24-33-26(34-35(23)24)32-22-8-2-1-3-9-22/h1-16H,17H2,(H,31,36)(H,32,34). The maximum absolute atomic E-state index is 12.9. The van der Waals surface area contributed by atoms with Crippen LogP contribution >= 0.6 is 0 Å². The second-order valence-corrected chi connectivity index (χ2v) is 8.07. The Morgan fingerprint density at radius 1 is 0.861 bits per heavy atom. The highest BCUT2D eigenvalue weighted by atomic mass is 19.4. The Bertz CT molecular complexity index is 1510. The number of hydrogen-bond donors (Lipinski definition) is 2. The number of pyridine rings is 1. The molecular weight excluding hydrogens is 467 g/mol. The molecule has 5 aromatic rings. The maximum atomic E-state index is 12.9. The van der Waals surface area contributed by atoms with E-state index in [-0.39, 0.29) is 12.5 Å². The SMILES string of the molecule is O=C(NCc1cccc(C(F)(F)F)c1)c1ccc(-c2cccc3nc(Nc4ccccc4)nn23)cc1. The van der Waals surface area contributed by atoms with Crippen LogP contribution in [0.25, 0.3) is 16.9 Å². The molecule has 9 heteroatoms. The maximum Gasteiger partial charge on any atom is 0.416 e. The van der Waals surface area contributed by atoms with E-state index >= 15 is 0 Å². The van der Waals surface area contributed by atoms with Crippen molar-refractivity contribution in [2.45, 2.75) is 12.7 Å². The number of fused-ring (bicyclic) bond motifs is 1. The fourth-order valence-electron chi connectivity index (χ4n) is 3.76. The minimum atomic E-state index is -4.43. The molecule has 2 heterocycles. The van der Waals surface area contributed by atoms with Crippen molar-refractivity contribution in [2.24, 2.45) is 0 Å². The molecule has 1 amide bonds. The summed E-state index contributed by atoms with van der Waals surface area (Å²) in [6.45, 7) is -0.0139. The lowest BCUT2D eigenvalue weighted by atomic mass is 10.1. The van der Waals surface area contributed by atoms with E-state index in [1.807, 2.05) is 48.5 Å². The minimum Gasteiger partial charge on any atom is -0.348 e.